The van der Waals surface area contributed by atoms with E-state index in [4.69, 9.17) is 0 Å². The van der Waals surface area contributed by atoms with Gasteiger partial charge >= 0.3 is 0 Å². The molecule has 1 amide bonds. The first kappa shape index (κ1) is 11.8. The number of fused-ring (bicyclic) bond motifs is 1. The summed E-state index contributed by atoms with van der Waals surface area (Å²) < 4.78 is 25.1. The summed E-state index contributed by atoms with van der Waals surface area (Å²) in [6.07, 6.45) is -0.745. The van der Waals surface area contributed by atoms with Crippen LogP contribution >= 0.6 is 0 Å². The second-order valence-corrected chi connectivity index (χ2v) is 4.18. The summed E-state index contributed by atoms with van der Waals surface area (Å²) in [5, 5.41) is 2.72. The number of nitrogens with one attached hydrogen (secondary N) is 2. The minimum absolute atomic E-state index is 0.160. The van der Waals surface area contributed by atoms with Gasteiger partial charge in [-0.25, -0.2) is 18.7 Å². The summed E-state index contributed by atoms with van der Waals surface area (Å²) in [5.74, 6) is -0.679. The number of rotatable bonds is 2. The maximum absolute atomic E-state index is 12.6. The first-order chi connectivity index (χ1) is 9.15. The SMILES string of the molecule is O=C1NCCc2[nH]c(-c3ccnc(C(F)F)n3)cc21. The number of carbonyl (C=O) groups is 1. The van der Waals surface area contributed by atoms with Gasteiger partial charge in [-0.2, -0.15) is 0 Å². The van der Waals surface area contributed by atoms with Gasteiger partial charge in [0.1, 0.15) is 0 Å². The van der Waals surface area contributed by atoms with Crippen molar-refractivity contribution in [2.75, 3.05) is 6.54 Å². The van der Waals surface area contributed by atoms with Crippen LogP contribution in [0.15, 0.2) is 18.3 Å². The summed E-state index contributed by atoms with van der Waals surface area (Å²) in [6, 6.07) is 3.16. The molecular weight excluding hydrogens is 254 g/mol. The zero-order chi connectivity index (χ0) is 13.4. The molecule has 0 spiro atoms. The lowest BCUT2D eigenvalue weighted by Gasteiger charge is -2.10. The predicted octanol–water partition coefficient (Wildman–Crippen LogP) is 1.70. The molecule has 0 saturated heterocycles. The standard InChI is InChI=1S/C12H10F2N4O/c13-10(14)11-15-3-2-8(18-11)9-5-6-7(17-9)1-4-16-12(6)19/h2-3,5,10,17H,1,4H2,(H,16,19). The molecule has 0 unspecified atom stereocenters. The molecule has 0 atom stereocenters. The van der Waals surface area contributed by atoms with Crippen molar-refractivity contribution >= 4 is 5.91 Å². The lowest BCUT2D eigenvalue weighted by atomic mass is 10.1. The van der Waals surface area contributed by atoms with Crippen LogP contribution in [-0.2, 0) is 6.42 Å². The average Bonchev–Trinajstić information content (AvgIpc) is 2.84. The van der Waals surface area contributed by atoms with E-state index in [0.717, 1.165) is 5.69 Å². The zero-order valence-electron chi connectivity index (χ0n) is 9.78. The molecule has 7 heteroatoms. The molecule has 0 saturated carbocycles. The predicted molar refractivity (Wildman–Crippen MR) is 62.8 cm³/mol. The Morgan fingerprint density at radius 3 is 2.95 bits per heavy atom. The molecule has 0 radical (unpaired) electrons. The number of hydrogen-bond acceptors (Lipinski definition) is 3. The maximum atomic E-state index is 12.6. The van der Waals surface area contributed by atoms with Gasteiger partial charge in [-0.15, -0.1) is 0 Å². The second-order valence-electron chi connectivity index (χ2n) is 4.18. The Hall–Kier alpha value is -2.31. The number of aromatic nitrogens is 3. The normalized spacial score (nSPS) is 14.4. The molecule has 3 heterocycles. The Kier molecular flexibility index (Phi) is 2.73. The van der Waals surface area contributed by atoms with E-state index < -0.39 is 12.2 Å². The van der Waals surface area contributed by atoms with Crippen molar-refractivity contribution < 1.29 is 13.6 Å². The third-order valence-electron chi connectivity index (χ3n) is 2.95. The highest BCUT2D eigenvalue weighted by molar-refractivity contribution is 5.97. The lowest BCUT2D eigenvalue weighted by molar-refractivity contribution is 0.0946. The maximum Gasteiger partial charge on any atom is 0.297 e. The van der Waals surface area contributed by atoms with E-state index in [1.807, 2.05) is 0 Å². The molecule has 98 valence electrons. The Bertz CT molecular complexity index is 638. The van der Waals surface area contributed by atoms with Gasteiger partial charge in [-0.1, -0.05) is 0 Å². The van der Waals surface area contributed by atoms with E-state index >= 15 is 0 Å². The van der Waals surface area contributed by atoms with Gasteiger partial charge in [-0.05, 0) is 12.1 Å². The van der Waals surface area contributed by atoms with Crippen molar-refractivity contribution in [3.8, 4) is 11.4 Å². The van der Waals surface area contributed by atoms with Gasteiger partial charge in [0.2, 0.25) is 0 Å². The van der Waals surface area contributed by atoms with E-state index in [1.165, 1.54) is 12.3 Å². The van der Waals surface area contributed by atoms with Crippen LogP contribution in [0, 0.1) is 0 Å². The summed E-state index contributed by atoms with van der Waals surface area (Å²) in [6.45, 7) is 0.567. The van der Waals surface area contributed by atoms with E-state index in [2.05, 4.69) is 20.3 Å². The monoisotopic (exact) mass is 264 g/mol. The molecule has 3 rings (SSSR count). The fourth-order valence-electron chi connectivity index (χ4n) is 2.06. The molecule has 5 nitrogen and oxygen atoms in total. The van der Waals surface area contributed by atoms with E-state index in [-0.39, 0.29) is 5.91 Å². The molecule has 2 aromatic rings. The van der Waals surface area contributed by atoms with Crippen LogP contribution in [-0.4, -0.2) is 27.4 Å². The third kappa shape index (κ3) is 2.07. The fourth-order valence-corrected chi connectivity index (χ4v) is 2.06. The molecule has 2 aromatic heterocycles. The van der Waals surface area contributed by atoms with Crippen LogP contribution in [0.3, 0.4) is 0 Å². The third-order valence-corrected chi connectivity index (χ3v) is 2.95. The fraction of sp³-hybridized carbons (Fsp3) is 0.250. The second kappa shape index (κ2) is 4.42. The van der Waals surface area contributed by atoms with Gasteiger partial charge in [0.15, 0.2) is 5.82 Å². The van der Waals surface area contributed by atoms with Gasteiger partial charge in [0.25, 0.3) is 12.3 Å². The van der Waals surface area contributed by atoms with Crippen LogP contribution in [0.4, 0.5) is 8.78 Å². The molecular formula is C12H10F2N4O. The van der Waals surface area contributed by atoms with Crippen molar-refractivity contribution in [1.82, 2.24) is 20.3 Å². The Morgan fingerprint density at radius 1 is 1.37 bits per heavy atom. The van der Waals surface area contributed by atoms with Gasteiger partial charge in [-0.3, -0.25) is 4.79 Å². The molecule has 0 aromatic carbocycles. The van der Waals surface area contributed by atoms with E-state index in [9.17, 15) is 13.6 Å². The van der Waals surface area contributed by atoms with E-state index in [0.29, 0.717) is 29.9 Å². The molecule has 0 aliphatic carbocycles. The number of nitrogens with zero attached hydrogens (tertiary/aromatic N) is 2. The molecule has 2 N–H and O–H groups in total. The van der Waals surface area contributed by atoms with Crippen LogP contribution in [0.5, 0.6) is 0 Å². The van der Waals surface area contributed by atoms with Gasteiger partial charge in [0.05, 0.1) is 17.0 Å². The molecule has 1 aliphatic rings. The van der Waals surface area contributed by atoms with Crippen LogP contribution in [0.2, 0.25) is 0 Å². The first-order valence-corrected chi connectivity index (χ1v) is 5.76. The zero-order valence-corrected chi connectivity index (χ0v) is 9.78. The first-order valence-electron chi connectivity index (χ1n) is 5.76. The van der Waals surface area contributed by atoms with Crippen molar-refractivity contribution in [3.63, 3.8) is 0 Å². The number of amides is 1. The minimum Gasteiger partial charge on any atom is -0.356 e. The van der Waals surface area contributed by atoms with Crippen molar-refractivity contribution in [1.29, 1.82) is 0 Å². The number of alkyl halides is 2. The average molecular weight is 264 g/mol. The lowest BCUT2D eigenvalue weighted by Crippen LogP contribution is -2.31. The van der Waals surface area contributed by atoms with Crippen LogP contribution < -0.4 is 5.32 Å². The highest BCUT2D eigenvalue weighted by Gasteiger charge is 2.21. The van der Waals surface area contributed by atoms with Crippen LogP contribution in [0.25, 0.3) is 11.4 Å². The highest BCUT2D eigenvalue weighted by Crippen LogP contribution is 2.24. The number of halogens is 2. The summed E-state index contributed by atoms with van der Waals surface area (Å²) in [7, 11) is 0. The van der Waals surface area contributed by atoms with Gasteiger partial charge < -0.3 is 10.3 Å². The Labute approximate surface area is 107 Å². The minimum atomic E-state index is -2.71. The van der Waals surface area contributed by atoms with Crippen LogP contribution in [0.1, 0.15) is 28.3 Å². The summed E-state index contributed by atoms with van der Waals surface area (Å²) in [5.41, 5.74) is 2.24. The molecule has 0 bridgehead atoms. The van der Waals surface area contributed by atoms with E-state index in [1.54, 1.807) is 6.07 Å². The molecule has 0 fully saturated rings. The summed E-state index contributed by atoms with van der Waals surface area (Å²) >= 11 is 0. The number of H-pyrrole nitrogens is 1. The Morgan fingerprint density at radius 2 is 2.21 bits per heavy atom. The smallest absolute Gasteiger partial charge is 0.297 e. The number of hydrogen-bond donors (Lipinski definition) is 2. The number of aromatic amines is 1. The Balaban J connectivity index is 2.03. The molecule has 1 aliphatic heterocycles. The topological polar surface area (TPSA) is 70.7 Å². The summed E-state index contributed by atoms with van der Waals surface area (Å²) in [4.78, 5) is 22.0. The quantitative estimate of drug-likeness (QED) is 0.867. The van der Waals surface area contributed by atoms with Gasteiger partial charge in [0, 0.05) is 24.9 Å². The van der Waals surface area contributed by atoms with Crippen molar-refractivity contribution in [3.05, 3.63) is 35.4 Å². The molecule has 19 heavy (non-hydrogen) atoms. The highest BCUT2D eigenvalue weighted by atomic mass is 19.3. The van der Waals surface area contributed by atoms with Crippen molar-refractivity contribution in [2.24, 2.45) is 0 Å². The number of carbonyl (C=O) groups excluding carboxylic acids is 1. The largest absolute Gasteiger partial charge is 0.356 e. The van der Waals surface area contributed by atoms with Crippen molar-refractivity contribution in [2.45, 2.75) is 12.8 Å².